The summed E-state index contributed by atoms with van der Waals surface area (Å²) in [6.45, 7) is 4.37. The zero-order valence-corrected chi connectivity index (χ0v) is 11.8. The van der Waals surface area contributed by atoms with Crippen LogP contribution in [0.25, 0.3) is 0 Å². The summed E-state index contributed by atoms with van der Waals surface area (Å²) in [5, 5.41) is 8.87. The van der Waals surface area contributed by atoms with E-state index in [1.54, 1.807) is 17.0 Å². The Balaban J connectivity index is 1.84. The minimum atomic E-state index is -0.502. The van der Waals surface area contributed by atoms with E-state index < -0.39 is 6.04 Å². The summed E-state index contributed by atoms with van der Waals surface area (Å²) in [4.78, 5) is 18.0. The van der Waals surface area contributed by atoms with Gasteiger partial charge in [0.2, 0.25) is 11.7 Å². The SMILES string of the molecule is CC1CCN(C(=O)C(N)CCn2ccnc2C#N)CC1. The molecule has 2 heterocycles. The highest BCUT2D eigenvalue weighted by molar-refractivity contribution is 5.81. The standard InChI is InChI=1S/C14H21N5O/c1-11-2-6-19(7-3-11)14(20)12(16)4-8-18-9-5-17-13(18)10-15/h5,9,11-12H,2-4,6-8,16H2,1H3. The number of aromatic nitrogens is 2. The summed E-state index contributed by atoms with van der Waals surface area (Å²) in [5.74, 6) is 1.08. The number of nitrogens with zero attached hydrogens (tertiary/aromatic N) is 4. The molecule has 0 radical (unpaired) electrons. The molecule has 1 amide bonds. The van der Waals surface area contributed by atoms with Crippen molar-refractivity contribution in [3.63, 3.8) is 0 Å². The third-order valence-electron chi connectivity index (χ3n) is 3.91. The zero-order chi connectivity index (χ0) is 14.5. The number of nitrogens with two attached hydrogens (primary N) is 1. The number of aryl methyl sites for hydroxylation is 1. The summed E-state index contributed by atoms with van der Waals surface area (Å²) < 4.78 is 1.73. The zero-order valence-electron chi connectivity index (χ0n) is 11.8. The Morgan fingerprint density at radius 1 is 1.60 bits per heavy atom. The second-order valence-electron chi connectivity index (χ2n) is 5.46. The van der Waals surface area contributed by atoms with Crippen molar-refractivity contribution < 1.29 is 4.79 Å². The first-order chi connectivity index (χ1) is 9.61. The van der Waals surface area contributed by atoms with E-state index in [9.17, 15) is 4.79 Å². The first-order valence-corrected chi connectivity index (χ1v) is 7.07. The van der Waals surface area contributed by atoms with Gasteiger partial charge in [-0.15, -0.1) is 0 Å². The number of amides is 1. The molecule has 0 saturated carbocycles. The van der Waals surface area contributed by atoms with E-state index in [2.05, 4.69) is 11.9 Å². The fourth-order valence-corrected chi connectivity index (χ4v) is 2.47. The number of hydrogen-bond donors (Lipinski definition) is 1. The van der Waals surface area contributed by atoms with Crippen LogP contribution in [0, 0.1) is 17.2 Å². The largest absolute Gasteiger partial charge is 0.341 e. The number of hydrogen-bond acceptors (Lipinski definition) is 4. The van der Waals surface area contributed by atoms with Crippen LogP contribution in [0.4, 0.5) is 0 Å². The predicted molar refractivity (Wildman–Crippen MR) is 74.5 cm³/mol. The molecule has 1 aromatic heterocycles. The van der Waals surface area contributed by atoms with E-state index in [1.807, 2.05) is 11.0 Å². The van der Waals surface area contributed by atoms with Gasteiger partial charge in [-0.1, -0.05) is 6.92 Å². The van der Waals surface area contributed by atoms with Gasteiger partial charge in [-0.05, 0) is 25.2 Å². The van der Waals surface area contributed by atoms with Gasteiger partial charge in [0.25, 0.3) is 0 Å². The average Bonchev–Trinajstić information content (AvgIpc) is 2.92. The lowest BCUT2D eigenvalue weighted by atomic mass is 9.98. The van der Waals surface area contributed by atoms with Crippen LogP contribution in [-0.4, -0.2) is 39.5 Å². The number of carbonyl (C=O) groups excluding carboxylic acids is 1. The molecule has 1 aliphatic rings. The number of imidazole rings is 1. The molecule has 108 valence electrons. The highest BCUT2D eigenvalue weighted by Gasteiger charge is 2.24. The number of carbonyl (C=O) groups is 1. The molecule has 1 aromatic rings. The van der Waals surface area contributed by atoms with E-state index in [0.717, 1.165) is 25.9 Å². The molecular weight excluding hydrogens is 254 g/mol. The molecule has 0 spiro atoms. The topological polar surface area (TPSA) is 87.9 Å². The Morgan fingerprint density at radius 2 is 2.30 bits per heavy atom. The molecule has 1 aliphatic heterocycles. The van der Waals surface area contributed by atoms with Gasteiger partial charge in [0.1, 0.15) is 6.07 Å². The number of nitriles is 1. The molecule has 6 nitrogen and oxygen atoms in total. The quantitative estimate of drug-likeness (QED) is 0.877. The molecule has 1 atom stereocenters. The molecule has 2 N–H and O–H groups in total. The van der Waals surface area contributed by atoms with Crippen LogP contribution >= 0.6 is 0 Å². The van der Waals surface area contributed by atoms with Crippen LogP contribution in [-0.2, 0) is 11.3 Å². The maximum Gasteiger partial charge on any atom is 0.239 e. The van der Waals surface area contributed by atoms with Crippen molar-refractivity contribution >= 4 is 5.91 Å². The molecule has 0 aliphatic carbocycles. The van der Waals surface area contributed by atoms with Crippen molar-refractivity contribution in [3.05, 3.63) is 18.2 Å². The Morgan fingerprint density at radius 3 is 2.95 bits per heavy atom. The van der Waals surface area contributed by atoms with Crippen molar-refractivity contribution in [3.8, 4) is 6.07 Å². The lowest BCUT2D eigenvalue weighted by Gasteiger charge is -2.32. The molecule has 1 unspecified atom stereocenters. The van der Waals surface area contributed by atoms with Crippen LogP contribution in [0.2, 0.25) is 0 Å². The Bertz CT molecular complexity index is 496. The van der Waals surface area contributed by atoms with Crippen molar-refractivity contribution in [2.45, 2.75) is 38.8 Å². The fourth-order valence-electron chi connectivity index (χ4n) is 2.47. The van der Waals surface area contributed by atoms with E-state index in [-0.39, 0.29) is 5.91 Å². The normalized spacial score (nSPS) is 17.8. The fraction of sp³-hybridized carbons (Fsp3) is 0.643. The van der Waals surface area contributed by atoms with Crippen molar-refractivity contribution in [1.29, 1.82) is 5.26 Å². The maximum atomic E-state index is 12.2. The minimum Gasteiger partial charge on any atom is -0.341 e. The van der Waals surface area contributed by atoms with Crippen molar-refractivity contribution in [1.82, 2.24) is 14.5 Å². The van der Waals surface area contributed by atoms with Crippen molar-refractivity contribution in [2.24, 2.45) is 11.7 Å². The third-order valence-corrected chi connectivity index (χ3v) is 3.91. The van der Waals surface area contributed by atoms with Crippen LogP contribution in [0.3, 0.4) is 0 Å². The highest BCUT2D eigenvalue weighted by atomic mass is 16.2. The third kappa shape index (κ3) is 3.36. The van der Waals surface area contributed by atoms with Crippen molar-refractivity contribution in [2.75, 3.05) is 13.1 Å². The Hall–Kier alpha value is -1.87. The first kappa shape index (κ1) is 14.5. The number of piperidine rings is 1. The Kier molecular flexibility index (Phi) is 4.74. The van der Waals surface area contributed by atoms with Crippen LogP contribution in [0.1, 0.15) is 32.0 Å². The van der Waals surface area contributed by atoms with Gasteiger partial charge in [-0.3, -0.25) is 4.79 Å². The summed E-state index contributed by atoms with van der Waals surface area (Å²) in [7, 11) is 0. The van der Waals surface area contributed by atoms with Gasteiger partial charge in [-0.25, -0.2) is 4.98 Å². The van der Waals surface area contributed by atoms with Gasteiger partial charge < -0.3 is 15.2 Å². The molecule has 6 heteroatoms. The van der Waals surface area contributed by atoms with Gasteiger partial charge in [-0.2, -0.15) is 5.26 Å². The van der Waals surface area contributed by atoms with Crippen LogP contribution < -0.4 is 5.73 Å². The first-order valence-electron chi connectivity index (χ1n) is 7.07. The predicted octanol–water partition coefficient (Wildman–Crippen LogP) is 0.731. The molecule has 0 bridgehead atoms. The second-order valence-corrected chi connectivity index (χ2v) is 5.46. The smallest absolute Gasteiger partial charge is 0.239 e. The Labute approximate surface area is 119 Å². The highest BCUT2D eigenvalue weighted by Crippen LogP contribution is 2.16. The molecule has 2 rings (SSSR count). The monoisotopic (exact) mass is 275 g/mol. The maximum absolute atomic E-state index is 12.2. The van der Waals surface area contributed by atoms with E-state index in [4.69, 9.17) is 11.0 Å². The minimum absolute atomic E-state index is 0.0236. The van der Waals surface area contributed by atoms with Gasteiger partial charge in [0.15, 0.2) is 0 Å². The summed E-state index contributed by atoms with van der Waals surface area (Å²) >= 11 is 0. The van der Waals surface area contributed by atoms with E-state index in [0.29, 0.717) is 24.7 Å². The lowest BCUT2D eigenvalue weighted by molar-refractivity contribution is -0.134. The summed E-state index contributed by atoms with van der Waals surface area (Å²) in [5.41, 5.74) is 5.98. The summed E-state index contributed by atoms with van der Waals surface area (Å²) in [6, 6.07) is 1.51. The number of rotatable bonds is 4. The van der Waals surface area contributed by atoms with Crippen LogP contribution in [0.5, 0.6) is 0 Å². The molecule has 0 aromatic carbocycles. The van der Waals surface area contributed by atoms with Crippen LogP contribution in [0.15, 0.2) is 12.4 Å². The molecule has 1 fully saturated rings. The van der Waals surface area contributed by atoms with E-state index in [1.165, 1.54) is 0 Å². The lowest BCUT2D eigenvalue weighted by Crippen LogP contribution is -2.47. The second kappa shape index (κ2) is 6.53. The molecule has 1 saturated heterocycles. The molecule has 20 heavy (non-hydrogen) atoms. The van der Waals surface area contributed by atoms with Gasteiger partial charge in [0.05, 0.1) is 6.04 Å². The number of likely N-dealkylation sites (tertiary alicyclic amines) is 1. The summed E-state index contributed by atoms with van der Waals surface area (Å²) in [6.07, 6.45) is 5.95. The van der Waals surface area contributed by atoms with E-state index >= 15 is 0 Å². The van der Waals surface area contributed by atoms with Gasteiger partial charge >= 0.3 is 0 Å². The molecular formula is C14H21N5O. The average molecular weight is 275 g/mol. The van der Waals surface area contributed by atoms with Gasteiger partial charge in [0, 0.05) is 32.0 Å².